The van der Waals surface area contributed by atoms with E-state index in [2.05, 4.69) is 5.32 Å². The Hall–Kier alpha value is -3.54. The summed E-state index contributed by atoms with van der Waals surface area (Å²) < 4.78 is 26.4. The van der Waals surface area contributed by atoms with Gasteiger partial charge in [-0.2, -0.15) is 0 Å². The third-order valence-electron chi connectivity index (χ3n) is 6.00. The van der Waals surface area contributed by atoms with Gasteiger partial charge in [0.1, 0.15) is 11.6 Å². The highest BCUT2D eigenvalue weighted by atomic mass is 19.1. The van der Waals surface area contributed by atoms with Crippen molar-refractivity contribution in [3.63, 3.8) is 0 Å². The zero-order valence-electron chi connectivity index (χ0n) is 17.7. The minimum Gasteiger partial charge on any atom is -0.352 e. The molecule has 1 N–H and O–H groups in total. The average Bonchev–Trinajstić information content (AvgIpc) is 3.24. The number of nitrogens with zero attached hydrogens (tertiary/aromatic N) is 1. The van der Waals surface area contributed by atoms with Gasteiger partial charge in [0, 0.05) is 31.1 Å². The van der Waals surface area contributed by atoms with Crippen molar-refractivity contribution < 1.29 is 18.4 Å². The molecule has 2 unspecified atom stereocenters. The number of nitrogens with one attached hydrogen (secondary N) is 1. The number of rotatable bonds is 5. The molecule has 1 fully saturated rings. The van der Waals surface area contributed by atoms with Crippen molar-refractivity contribution in [3.05, 3.63) is 107 Å². The molecule has 0 bridgehead atoms. The van der Waals surface area contributed by atoms with Gasteiger partial charge in [-0.05, 0) is 60.0 Å². The third kappa shape index (κ3) is 4.69. The van der Waals surface area contributed by atoms with Crippen LogP contribution in [-0.4, -0.2) is 29.8 Å². The fourth-order valence-electron chi connectivity index (χ4n) is 4.25. The average molecular weight is 434 g/mol. The van der Waals surface area contributed by atoms with Gasteiger partial charge in [0.25, 0.3) is 5.91 Å². The van der Waals surface area contributed by atoms with Gasteiger partial charge in [-0.3, -0.25) is 9.59 Å². The van der Waals surface area contributed by atoms with E-state index in [1.54, 1.807) is 17.0 Å². The summed E-state index contributed by atoms with van der Waals surface area (Å²) in [5, 5.41) is 2.94. The van der Waals surface area contributed by atoms with E-state index < -0.39 is 11.7 Å². The number of carbonyl (C=O) groups is 2. The van der Waals surface area contributed by atoms with Crippen molar-refractivity contribution in [1.82, 2.24) is 10.2 Å². The van der Waals surface area contributed by atoms with Crippen molar-refractivity contribution in [3.8, 4) is 0 Å². The van der Waals surface area contributed by atoms with E-state index in [0.29, 0.717) is 12.1 Å². The van der Waals surface area contributed by atoms with Crippen LogP contribution in [0.3, 0.4) is 0 Å². The maximum absolute atomic E-state index is 13.3. The molecule has 0 radical (unpaired) electrons. The molecule has 6 heteroatoms. The van der Waals surface area contributed by atoms with E-state index in [9.17, 15) is 18.4 Å². The van der Waals surface area contributed by atoms with Crippen LogP contribution in [0.25, 0.3) is 0 Å². The lowest BCUT2D eigenvalue weighted by atomic mass is 9.86. The molecule has 2 atom stereocenters. The molecule has 2 amide bonds. The largest absolute Gasteiger partial charge is 0.352 e. The Morgan fingerprint density at radius 1 is 0.906 bits per heavy atom. The van der Waals surface area contributed by atoms with Crippen LogP contribution in [0.4, 0.5) is 8.78 Å². The predicted molar refractivity (Wildman–Crippen MR) is 118 cm³/mol. The Bertz CT molecular complexity index is 1110. The minimum absolute atomic E-state index is 0.156. The summed E-state index contributed by atoms with van der Waals surface area (Å²) in [5.74, 6) is -1.70. The van der Waals surface area contributed by atoms with Crippen molar-refractivity contribution in [2.75, 3.05) is 13.1 Å². The van der Waals surface area contributed by atoms with Gasteiger partial charge in [-0.15, -0.1) is 0 Å². The Labute approximate surface area is 185 Å². The standard InChI is InChI=1S/C26H24F2N2O2/c1-17-4-2-3-5-22(17)23-15-30(26(32)19-8-12-21(28)13-9-19)16-24(23)25(31)29-14-18-6-10-20(27)11-7-18/h2-13,23-24H,14-16H2,1H3,(H,29,31). The lowest BCUT2D eigenvalue weighted by molar-refractivity contribution is -0.125. The van der Waals surface area contributed by atoms with Gasteiger partial charge in [0.2, 0.25) is 5.91 Å². The lowest BCUT2D eigenvalue weighted by Gasteiger charge is -2.20. The van der Waals surface area contributed by atoms with Crippen LogP contribution in [0.1, 0.15) is 33.0 Å². The summed E-state index contributed by atoms with van der Waals surface area (Å²) in [6.07, 6.45) is 0. The number of benzene rings is 3. The summed E-state index contributed by atoms with van der Waals surface area (Å²) in [4.78, 5) is 27.9. The van der Waals surface area contributed by atoms with E-state index in [4.69, 9.17) is 0 Å². The maximum atomic E-state index is 13.3. The molecule has 32 heavy (non-hydrogen) atoms. The van der Waals surface area contributed by atoms with Gasteiger partial charge in [0.15, 0.2) is 0 Å². The first-order valence-electron chi connectivity index (χ1n) is 10.5. The van der Waals surface area contributed by atoms with Gasteiger partial charge < -0.3 is 10.2 Å². The van der Waals surface area contributed by atoms with E-state index >= 15 is 0 Å². The fraction of sp³-hybridized carbons (Fsp3) is 0.231. The smallest absolute Gasteiger partial charge is 0.253 e. The zero-order valence-corrected chi connectivity index (χ0v) is 17.7. The van der Waals surface area contributed by atoms with Crippen molar-refractivity contribution in [2.24, 2.45) is 5.92 Å². The third-order valence-corrected chi connectivity index (χ3v) is 6.00. The van der Waals surface area contributed by atoms with Gasteiger partial charge in [-0.25, -0.2) is 8.78 Å². The van der Waals surface area contributed by atoms with Crippen LogP contribution in [0.5, 0.6) is 0 Å². The Kier molecular flexibility index (Phi) is 6.30. The molecule has 1 aliphatic heterocycles. The monoisotopic (exact) mass is 434 g/mol. The molecule has 4 rings (SSSR count). The molecular weight excluding hydrogens is 410 g/mol. The van der Waals surface area contributed by atoms with E-state index in [-0.39, 0.29) is 36.6 Å². The zero-order chi connectivity index (χ0) is 22.7. The molecule has 3 aromatic carbocycles. The molecule has 0 saturated carbocycles. The summed E-state index contributed by atoms with van der Waals surface area (Å²) in [5.41, 5.74) is 3.28. The minimum atomic E-state index is -0.430. The second kappa shape index (κ2) is 9.30. The second-order valence-electron chi connectivity index (χ2n) is 8.13. The van der Waals surface area contributed by atoms with Gasteiger partial charge in [0.05, 0.1) is 5.92 Å². The highest BCUT2D eigenvalue weighted by molar-refractivity contribution is 5.95. The maximum Gasteiger partial charge on any atom is 0.253 e. The molecule has 164 valence electrons. The number of hydrogen-bond acceptors (Lipinski definition) is 2. The van der Waals surface area contributed by atoms with Crippen LogP contribution in [-0.2, 0) is 11.3 Å². The van der Waals surface area contributed by atoms with Crippen LogP contribution >= 0.6 is 0 Å². The topological polar surface area (TPSA) is 49.4 Å². The van der Waals surface area contributed by atoms with Crippen LogP contribution < -0.4 is 5.32 Å². The SMILES string of the molecule is Cc1ccccc1C1CN(C(=O)c2ccc(F)cc2)CC1C(=O)NCc1ccc(F)cc1. The van der Waals surface area contributed by atoms with Gasteiger partial charge >= 0.3 is 0 Å². The summed E-state index contributed by atoms with van der Waals surface area (Å²) in [6, 6.07) is 19.3. The quantitative estimate of drug-likeness (QED) is 0.645. The molecule has 0 aliphatic carbocycles. The lowest BCUT2D eigenvalue weighted by Crippen LogP contribution is -2.35. The highest BCUT2D eigenvalue weighted by Gasteiger charge is 2.41. The molecule has 1 aliphatic rings. The van der Waals surface area contributed by atoms with Crippen LogP contribution in [0.15, 0.2) is 72.8 Å². The van der Waals surface area contributed by atoms with Crippen molar-refractivity contribution >= 4 is 11.8 Å². The molecule has 0 aromatic heterocycles. The normalized spacial score (nSPS) is 17.9. The number of amides is 2. The summed E-state index contributed by atoms with van der Waals surface area (Å²) in [7, 11) is 0. The first kappa shape index (κ1) is 21.7. The Balaban J connectivity index is 1.55. The fourth-order valence-corrected chi connectivity index (χ4v) is 4.25. The number of halogens is 2. The van der Waals surface area contributed by atoms with Crippen molar-refractivity contribution in [2.45, 2.75) is 19.4 Å². The first-order chi connectivity index (χ1) is 15.4. The molecule has 4 nitrogen and oxygen atoms in total. The highest BCUT2D eigenvalue weighted by Crippen LogP contribution is 2.35. The second-order valence-corrected chi connectivity index (χ2v) is 8.13. The number of likely N-dealkylation sites (tertiary alicyclic amines) is 1. The van der Waals surface area contributed by atoms with Crippen LogP contribution in [0.2, 0.25) is 0 Å². The molecule has 3 aromatic rings. The number of aryl methyl sites for hydroxylation is 1. The Morgan fingerprint density at radius 2 is 1.53 bits per heavy atom. The summed E-state index contributed by atoms with van der Waals surface area (Å²) in [6.45, 7) is 2.94. The molecule has 1 heterocycles. The molecule has 1 saturated heterocycles. The number of hydrogen-bond donors (Lipinski definition) is 1. The van der Waals surface area contributed by atoms with E-state index in [1.807, 2.05) is 31.2 Å². The summed E-state index contributed by atoms with van der Waals surface area (Å²) >= 11 is 0. The van der Waals surface area contributed by atoms with E-state index in [0.717, 1.165) is 16.7 Å². The van der Waals surface area contributed by atoms with E-state index in [1.165, 1.54) is 36.4 Å². The number of carbonyl (C=O) groups excluding carboxylic acids is 2. The van der Waals surface area contributed by atoms with Crippen molar-refractivity contribution in [1.29, 1.82) is 0 Å². The predicted octanol–water partition coefficient (Wildman–Crippen LogP) is 4.45. The Morgan fingerprint density at radius 3 is 2.19 bits per heavy atom. The first-order valence-corrected chi connectivity index (χ1v) is 10.5. The molecular formula is C26H24F2N2O2. The van der Waals surface area contributed by atoms with Gasteiger partial charge in [-0.1, -0.05) is 36.4 Å². The molecule has 0 spiro atoms. The van der Waals surface area contributed by atoms with Crippen LogP contribution in [0, 0.1) is 24.5 Å².